The number of nitrogens with zero attached hydrogens (tertiary/aromatic N) is 2. The molecule has 2 heterocycles. The summed E-state index contributed by atoms with van der Waals surface area (Å²) in [5.74, 6) is 0.578. The SMILES string of the molecule is CC(C)(C)OC(=O)N1CCC[C@H](Oc2ccc(Br)cn2)C1. The van der Waals surface area contributed by atoms with Gasteiger partial charge in [0.2, 0.25) is 5.88 Å². The fraction of sp³-hybridized carbons (Fsp3) is 0.600. The minimum atomic E-state index is -0.474. The molecule has 1 aromatic heterocycles. The fourth-order valence-corrected chi connectivity index (χ4v) is 2.36. The Bertz CT molecular complexity index is 485. The molecule has 0 aliphatic carbocycles. The van der Waals surface area contributed by atoms with Gasteiger partial charge in [0.15, 0.2) is 0 Å². The van der Waals surface area contributed by atoms with Crippen molar-refractivity contribution in [2.45, 2.75) is 45.3 Å². The molecule has 2 rings (SSSR count). The van der Waals surface area contributed by atoms with Crippen LogP contribution in [0, 0.1) is 0 Å². The maximum Gasteiger partial charge on any atom is 0.410 e. The van der Waals surface area contributed by atoms with Gasteiger partial charge in [-0.2, -0.15) is 0 Å². The van der Waals surface area contributed by atoms with E-state index in [4.69, 9.17) is 9.47 Å². The van der Waals surface area contributed by atoms with Gasteiger partial charge in [-0.25, -0.2) is 9.78 Å². The highest BCUT2D eigenvalue weighted by atomic mass is 79.9. The predicted octanol–water partition coefficient (Wildman–Crippen LogP) is 3.62. The van der Waals surface area contributed by atoms with Crippen molar-refractivity contribution in [1.82, 2.24) is 9.88 Å². The molecular formula is C15H21BrN2O3. The van der Waals surface area contributed by atoms with E-state index in [1.807, 2.05) is 32.9 Å². The van der Waals surface area contributed by atoms with E-state index in [-0.39, 0.29) is 12.2 Å². The molecule has 1 saturated heterocycles. The van der Waals surface area contributed by atoms with Crippen molar-refractivity contribution in [1.29, 1.82) is 0 Å². The minimum Gasteiger partial charge on any atom is -0.472 e. The fourth-order valence-electron chi connectivity index (χ4n) is 2.13. The Labute approximate surface area is 133 Å². The lowest BCUT2D eigenvalue weighted by atomic mass is 10.1. The Kier molecular flexibility index (Phi) is 5.08. The summed E-state index contributed by atoms with van der Waals surface area (Å²) in [6.45, 7) is 6.85. The second-order valence-electron chi connectivity index (χ2n) is 6.12. The van der Waals surface area contributed by atoms with E-state index in [2.05, 4.69) is 20.9 Å². The zero-order valence-corrected chi connectivity index (χ0v) is 14.2. The normalized spacial score (nSPS) is 19.2. The van der Waals surface area contributed by atoms with Gasteiger partial charge in [-0.3, -0.25) is 0 Å². The lowest BCUT2D eigenvalue weighted by Crippen LogP contribution is -2.46. The van der Waals surface area contributed by atoms with Gasteiger partial charge in [0, 0.05) is 23.3 Å². The number of rotatable bonds is 2. The number of hydrogen-bond acceptors (Lipinski definition) is 4. The highest BCUT2D eigenvalue weighted by Gasteiger charge is 2.28. The van der Waals surface area contributed by atoms with E-state index >= 15 is 0 Å². The summed E-state index contributed by atoms with van der Waals surface area (Å²) in [6.07, 6.45) is 3.20. The van der Waals surface area contributed by atoms with Crippen molar-refractivity contribution in [2.24, 2.45) is 0 Å². The van der Waals surface area contributed by atoms with Crippen LogP contribution in [-0.2, 0) is 4.74 Å². The Balaban J connectivity index is 1.91. The number of halogens is 1. The standard InChI is InChI=1S/C15H21BrN2O3/c1-15(2,3)21-14(19)18-8-4-5-12(10-18)20-13-7-6-11(16)9-17-13/h6-7,9,12H,4-5,8,10H2,1-3H3/t12-/m0/s1. The number of pyridine rings is 1. The van der Waals surface area contributed by atoms with Crippen molar-refractivity contribution in [3.05, 3.63) is 22.8 Å². The molecule has 116 valence electrons. The third-order valence-electron chi connectivity index (χ3n) is 3.02. The van der Waals surface area contributed by atoms with Gasteiger partial charge < -0.3 is 14.4 Å². The maximum absolute atomic E-state index is 12.1. The average molecular weight is 357 g/mol. The number of aromatic nitrogens is 1. The largest absolute Gasteiger partial charge is 0.472 e. The first-order valence-electron chi connectivity index (χ1n) is 7.09. The van der Waals surface area contributed by atoms with Crippen LogP contribution in [0.5, 0.6) is 5.88 Å². The molecule has 0 saturated carbocycles. The molecule has 1 fully saturated rings. The summed E-state index contributed by atoms with van der Waals surface area (Å²) >= 11 is 3.34. The summed E-state index contributed by atoms with van der Waals surface area (Å²) in [7, 11) is 0. The zero-order chi connectivity index (χ0) is 15.5. The number of piperidine rings is 1. The van der Waals surface area contributed by atoms with Gasteiger partial charge in [0.05, 0.1) is 6.54 Å². The lowest BCUT2D eigenvalue weighted by Gasteiger charge is -2.33. The first-order chi connectivity index (χ1) is 9.83. The maximum atomic E-state index is 12.1. The molecule has 0 bridgehead atoms. The summed E-state index contributed by atoms with van der Waals surface area (Å²) in [6, 6.07) is 3.70. The molecule has 0 unspecified atom stereocenters. The van der Waals surface area contributed by atoms with Crippen LogP contribution in [-0.4, -0.2) is 40.8 Å². The van der Waals surface area contributed by atoms with Crippen molar-refractivity contribution in [3.8, 4) is 5.88 Å². The number of carbonyl (C=O) groups excluding carboxylic acids is 1. The van der Waals surface area contributed by atoms with Gasteiger partial charge in [0.25, 0.3) is 0 Å². The number of carbonyl (C=O) groups is 1. The lowest BCUT2D eigenvalue weighted by molar-refractivity contribution is 0.00722. The van der Waals surface area contributed by atoms with Crippen molar-refractivity contribution in [3.63, 3.8) is 0 Å². The zero-order valence-electron chi connectivity index (χ0n) is 12.6. The monoisotopic (exact) mass is 356 g/mol. The van der Waals surface area contributed by atoms with E-state index < -0.39 is 5.60 Å². The molecule has 6 heteroatoms. The van der Waals surface area contributed by atoms with E-state index in [9.17, 15) is 4.79 Å². The van der Waals surface area contributed by atoms with Gasteiger partial charge >= 0.3 is 6.09 Å². The van der Waals surface area contributed by atoms with Gasteiger partial charge in [-0.05, 0) is 55.6 Å². The summed E-state index contributed by atoms with van der Waals surface area (Å²) in [4.78, 5) is 18.0. The van der Waals surface area contributed by atoms with Crippen molar-refractivity contribution in [2.75, 3.05) is 13.1 Å². The number of amides is 1. The van der Waals surface area contributed by atoms with Crippen LogP contribution < -0.4 is 4.74 Å². The molecule has 0 spiro atoms. The van der Waals surface area contributed by atoms with Crippen LogP contribution in [0.15, 0.2) is 22.8 Å². The second kappa shape index (κ2) is 6.64. The summed E-state index contributed by atoms with van der Waals surface area (Å²) in [5, 5.41) is 0. The topological polar surface area (TPSA) is 51.7 Å². The second-order valence-corrected chi connectivity index (χ2v) is 7.04. The Morgan fingerprint density at radius 1 is 1.43 bits per heavy atom. The Hall–Kier alpha value is -1.30. The van der Waals surface area contributed by atoms with Gasteiger partial charge in [-0.1, -0.05) is 0 Å². The summed E-state index contributed by atoms with van der Waals surface area (Å²) < 4.78 is 12.2. The summed E-state index contributed by atoms with van der Waals surface area (Å²) in [5.41, 5.74) is -0.474. The van der Waals surface area contributed by atoms with E-state index in [1.165, 1.54) is 0 Å². The quantitative estimate of drug-likeness (QED) is 0.811. The Morgan fingerprint density at radius 3 is 2.81 bits per heavy atom. The first kappa shape index (κ1) is 16.1. The number of likely N-dealkylation sites (tertiary alicyclic amines) is 1. The van der Waals surface area contributed by atoms with Crippen LogP contribution in [0.1, 0.15) is 33.6 Å². The van der Waals surface area contributed by atoms with E-state index in [0.717, 1.165) is 17.3 Å². The van der Waals surface area contributed by atoms with Gasteiger partial charge in [0.1, 0.15) is 11.7 Å². The third-order valence-corrected chi connectivity index (χ3v) is 3.49. The molecule has 5 nitrogen and oxygen atoms in total. The molecule has 1 atom stereocenters. The highest BCUT2D eigenvalue weighted by Crippen LogP contribution is 2.20. The predicted molar refractivity (Wildman–Crippen MR) is 83.4 cm³/mol. The van der Waals surface area contributed by atoms with Crippen LogP contribution in [0.2, 0.25) is 0 Å². The van der Waals surface area contributed by atoms with Crippen LogP contribution in [0.3, 0.4) is 0 Å². The van der Waals surface area contributed by atoms with Crippen molar-refractivity contribution >= 4 is 22.0 Å². The molecule has 1 aliphatic heterocycles. The molecule has 0 aromatic carbocycles. The molecule has 21 heavy (non-hydrogen) atoms. The molecule has 0 radical (unpaired) electrons. The van der Waals surface area contributed by atoms with Crippen LogP contribution in [0.4, 0.5) is 4.79 Å². The van der Waals surface area contributed by atoms with E-state index in [0.29, 0.717) is 19.0 Å². The smallest absolute Gasteiger partial charge is 0.410 e. The molecule has 0 N–H and O–H groups in total. The third kappa shape index (κ3) is 5.19. The first-order valence-corrected chi connectivity index (χ1v) is 7.89. The average Bonchev–Trinajstić information content (AvgIpc) is 2.40. The number of ether oxygens (including phenoxy) is 2. The molecular weight excluding hydrogens is 336 g/mol. The Morgan fingerprint density at radius 2 is 2.19 bits per heavy atom. The molecule has 1 aromatic rings. The highest BCUT2D eigenvalue weighted by molar-refractivity contribution is 9.10. The minimum absolute atomic E-state index is 0.0417. The van der Waals surface area contributed by atoms with Crippen LogP contribution in [0.25, 0.3) is 0 Å². The van der Waals surface area contributed by atoms with Crippen LogP contribution >= 0.6 is 15.9 Å². The van der Waals surface area contributed by atoms with Gasteiger partial charge in [-0.15, -0.1) is 0 Å². The van der Waals surface area contributed by atoms with E-state index in [1.54, 1.807) is 11.1 Å². The molecule has 1 amide bonds. The number of hydrogen-bond donors (Lipinski definition) is 0. The molecule has 1 aliphatic rings. The van der Waals surface area contributed by atoms with Crippen molar-refractivity contribution < 1.29 is 14.3 Å².